The van der Waals surface area contributed by atoms with Gasteiger partial charge in [-0.15, -0.1) is 0 Å². The van der Waals surface area contributed by atoms with E-state index in [9.17, 15) is 0 Å². The number of hydrogen-bond donors (Lipinski definition) is 0. The first-order valence-electron chi connectivity index (χ1n) is 19.7. The zero-order valence-electron chi connectivity index (χ0n) is 31.7. The van der Waals surface area contributed by atoms with Crippen LogP contribution in [0.1, 0.15) is 44.5 Å². The molecule has 6 aromatic carbocycles. The first-order chi connectivity index (χ1) is 27.0. The van der Waals surface area contributed by atoms with Crippen LogP contribution in [0.2, 0.25) is 0 Å². The molecule has 0 N–H and O–H groups in total. The van der Waals surface area contributed by atoms with Gasteiger partial charge in [0.15, 0.2) is 0 Å². The third-order valence-corrected chi connectivity index (χ3v) is 19.8. The molecular weight excluding hydrogens is 703 g/mol. The van der Waals surface area contributed by atoms with Gasteiger partial charge < -0.3 is 0 Å². The van der Waals surface area contributed by atoms with E-state index in [1.807, 2.05) is 0 Å². The van der Waals surface area contributed by atoms with Crippen molar-refractivity contribution in [2.45, 2.75) is 25.7 Å². The summed E-state index contributed by atoms with van der Waals surface area (Å²) in [5.41, 5.74) is 16.4. The fraction of sp³-hybridized carbons (Fsp3) is 0.137. The Hall–Kier alpha value is -5.26. The van der Waals surface area contributed by atoms with Crippen molar-refractivity contribution < 1.29 is 0 Å². The van der Waals surface area contributed by atoms with Crippen LogP contribution in [-0.4, -0.2) is 20.8 Å². The molecule has 0 spiro atoms. The molecule has 0 fully saturated rings. The number of rotatable bonds is 2. The van der Waals surface area contributed by atoms with Crippen molar-refractivity contribution in [3.63, 3.8) is 0 Å². The number of anilines is 4. The van der Waals surface area contributed by atoms with E-state index in [1.165, 1.54) is 99.1 Å². The summed E-state index contributed by atoms with van der Waals surface area (Å²) in [7, 11) is 1.01. The molecule has 0 saturated carbocycles. The van der Waals surface area contributed by atoms with Crippen molar-refractivity contribution in [3.8, 4) is 0 Å². The molecule has 0 aromatic heterocycles. The van der Waals surface area contributed by atoms with E-state index in [-0.39, 0.29) is 0 Å². The van der Waals surface area contributed by atoms with Gasteiger partial charge in [-0.05, 0) is 0 Å². The Morgan fingerprint density at radius 2 is 0.891 bits per heavy atom. The van der Waals surface area contributed by atoms with Gasteiger partial charge in [0.1, 0.15) is 0 Å². The van der Waals surface area contributed by atoms with Crippen LogP contribution in [-0.2, 0) is 25.7 Å². The molecule has 1 atom stereocenters. The Morgan fingerprint density at radius 1 is 0.455 bits per heavy atom. The summed E-state index contributed by atoms with van der Waals surface area (Å²) >= 11 is 0. The Labute approximate surface area is 327 Å². The molecule has 6 aromatic rings. The Morgan fingerprint density at radius 3 is 1.53 bits per heavy atom. The maximum absolute atomic E-state index is 2.73. The van der Waals surface area contributed by atoms with E-state index in [1.54, 1.807) is 0 Å². The molecule has 4 aliphatic carbocycles. The van der Waals surface area contributed by atoms with E-state index < -0.39 is 15.2 Å². The number of hydrogen-bond acceptors (Lipinski definition) is 2. The Balaban J connectivity index is 1.32. The molecule has 55 heavy (non-hydrogen) atoms. The summed E-state index contributed by atoms with van der Waals surface area (Å²) < 4.78 is 0. The molecule has 2 nitrogen and oxygen atoms in total. The molecule has 0 amide bonds. The molecule has 1 heterocycles. The second kappa shape index (κ2) is 12.6. The predicted molar refractivity (Wildman–Crippen MR) is 245 cm³/mol. The van der Waals surface area contributed by atoms with E-state index in [2.05, 4.69) is 188 Å². The minimum absolute atomic E-state index is 0.973. The minimum atomic E-state index is -2.73. The summed E-state index contributed by atoms with van der Waals surface area (Å²) in [6, 6.07) is 43.3. The van der Waals surface area contributed by atoms with E-state index in [0.717, 1.165) is 25.7 Å². The summed E-state index contributed by atoms with van der Waals surface area (Å²) in [5.74, 6) is 0. The van der Waals surface area contributed by atoms with Crippen molar-refractivity contribution in [2.75, 3.05) is 30.6 Å². The first kappa shape index (κ1) is 33.1. The summed E-state index contributed by atoms with van der Waals surface area (Å²) in [6.45, 7) is 2.63. The number of benzene rings is 6. The van der Waals surface area contributed by atoms with Crippen LogP contribution in [0.5, 0.6) is 0 Å². The van der Waals surface area contributed by atoms with Crippen LogP contribution < -0.4 is 41.6 Å². The molecule has 0 radical (unpaired) electrons. The van der Waals surface area contributed by atoms with Gasteiger partial charge in [0.2, 0.25) is 0 Å². The topological polar surface area (TPSA) is 6.48 Å². The molecule has 5 aliphatic rings. The zero-order valence-corrected chi connectivity index (χ0v) is 33.6. The van der Waals surface area contributed by atoms with Crippen molar-refractivity contribution in [2.24, 2.45) is 0 Å². The van der Waals surface area contributed by atoms with Crippen LogP contribution in [0.25, 0.3) is 24.3 Å². The van der Waals surface area contributed by atoms with Gasteiger partial charge >= 0.3 is 328 Å². The maximum atomic E-state index is 2.63. The fourth-order valence-electron chi connectivity index (χ4n) is 9.87. The first-order valence-corrected chi connectivity index (χ1v) is 23.5. The SMILES string of the molecule is CN1c2cc3c(cc2P(c2ccccc2)c2cc4c(cc2N(C)c2cc5c(cc2[PH](C)(c2ccccc2)c2cc6c(cc21)CC=C6)CC=C5)CC=C4)CC=C3. The zero-order chi connectivity index (χ0) is 36.8. The van der Waals surface area contributed by atoms with Gasteiger partial charge in [-0.25, -0.2) is 0 Å². The van der Waals surface area contributed by atoms with Gasteiger partial charge in [0.05, 0.1) is 0 Å². The van der Waals surface area contributed by atoms with Crippen LogP contribution in [0.4, 0.5) is 22.7 Å². The van der Waals surface area contributed by atoms with Crippen LogP contribution in [0.3, 0.4) is 0 Å². The molecule has 11 rings (SSSR count). The quantitative estimate of drug-likeness (QED) is 0.163. The average molecular weight is 747 g/mol. The molecule has 1 aliphatic heterocycles. The van der Waals surface area contributed by atoms with Crippen LogP contribution in [0.15, 0.2) is 133 Å². The monoisotopic (exact) mass is 746 g/mol. The van der Waals surface area contributed by atoms with E-state index in [4.69, 9.17) is 0 Å². The molecular formula is C51H44N2P2. The molecule has 1 unspecified atom stereocenters. The number of fused-ring (bicyclic) bond motifs is 8. The molecule has 0 saturated heterocycles. The van der Waals surface area contributed by atoms with Gasteiger partial charge in [-0.1, -0.05) is 0 Å². The molecule has 0 bridgehead atoms. The molecule has 268 valence electrons. The number of nitrogens with zero attached hydrogens (tertiary/aromatic N) is 2. The predicted octanol–water partition coefficient (Wildman–Crippen LogP) is 9.23. The van der Waals surface area contributed by atoms with Gasteiger partial charge in [-0.2, -0.15) is 0 Å². The van der Waals surface area contributed by atoms with Crippen molar-refractivity contribution in [1.82, 2.24) is 0 Å². The van der Waals surface area contributed by atoms with Gasteiger partial charge in [0, 0.05) is 0 Å². The van der Waals surface area contributed by atoms with Crippen molar-refractivity contribution in [1.29, 1.82) is 0 Å². The average Bonchev–Trinajstić information content (AvgIpc) is 4.06. The number of allylic oxidation sites excluding steroid dienone is 4. The fourth-order valence-corrected chi connectivity index (χ4v) is 16.8. The van der Waals surface area contributed by atoms with E-state index >= 15 is 0 Å². The summed E-state index contributed by atoms with van der Waals surface area (Å²) in [4.78, 5) is 5.18. The second-order valence-electron chi connectivity index (χ2n) is 15.9. The van der Waals surface area contributed by atoms with Crippen LogP contribution >= 0.6 is 15.2 Å². The summed E-state index contributed by atoms with van der Waals surface area (Å²) in [6.07, 6.45) is 22.7. The second-order valence-corrected chi connectivity index (χ2v) is 22.0. The van der Waals surface area contributed by atoms with Gasteiger partial charge in [0.25, 0.3) is 0 Å². The Kier molecular flexibility index (Phi) is 7.61. The van der Waals surface area contributed by atoms with Crippen molar-refractivity contribution in [3.05, 3.63) is 178 Å². The normalized spacial score (nSPS) is 18.3. The Bertz CT molecular complexity index is 2700. The van der Waals surface area contributed by atoms with Gasteiger partial charge in [-0.3, -0.25) is 0 Å². The molecule has 4 heteroatoms. The summed E-state index contributed by atoms with van der Waals surface area (Å²) in [5, 5.41) is 8.60. The van der Waals surface area contributed by atoms with Crippen molar-refractivity contribution >= 4 is 94.1 Å². The third-order valence-electron chi connectivity index (χ3n) is 12.9. The standard InChI is InChI=1S/C51H44N2P2/c1-52-44-26-34-14-10-18-38(34)30-48(44)54(42-22-6-4-7-23-42)49-31-39-19-11-15-35(39)27-45(49)53(2)47-29-37-17-13-21-41(37)33-51(47)55(3,43-24-8-5-9-25-43)50-32-40-20-12-16-36(40)28-46(50)52/h4-14,17,19-20,22-33,55H,15-16,18,21H2,1-3H3. The van der Waals surface area contributed by atoms with E-state index in [0.29, 0.717) is 0 Å². The third kappa shape index (κ3) is 5.08. The van der Waals surface area contributed by atoms with Crippen LogP contribution in [0, 0.1) is 0 Å².